The van der Waals surface area contributed by atoms with Gasteiger partial charge in [0.05, 0.1) is 5.69 Å². The lowest BCUT2D eigenvalue weighted by Crippen LogP contribution is -2.05. The van der Waals surface area contributed by atoms with Crippen molar-refractivity contribution in [3.63, 3.8) is 0 Å². The number of fused-ring (bicyclic) bond motifs is 1. The van der Waals surface area contributed by atoms with E-state index in [0.29, 0.717) is 11.8 Å². The molecule has 3 aromatic rings. The predicted molar refractivity (Wildman–Crippen MR) is 88.1 cm³/mol. The molecule has 4 heteroatoms. The van der Waals surface area contributed by atoms with Gasteiger partial charge >= 0.3 is 0 Å². The van der Waals surface area contributed by atoms with Gasteiger partial charge in [-0.15, -0.1) is 0 Å². The van der Waals surface area contributed by atoms with Crippen LogP contribution in [0.4, 0.5) is 0 Å². The summed E-state index contributed by atoms with van der Waals surface area (Å²) in [6.07, 6.45) is 7.73. The van der Waals surface area contributed by atoms with E-state index in [0.717, 1.165) is 42.8 Å². The molecule has 23 heavy (non-hydrogen) atoms. The van der Waals surface area contributed by atoms with Crippen LogP contribution in [0.15, 0.2) is 47.1 Å². The van der Waals surface area contributed by atoms with Gasteiger partial charge in [-0.25, -0.2) is 4.98 Å². The van der Waals surface area contributed by atoms with E-state index in [-0.39, 0.29) is 0 Å². The molecule has 1 aliphatic rings. The molecule has 0 aromatic carbocycles. The Hall–Kier alpha value is -2.49. The molecule has 3 aromatic heterocycles. The van der Waals surface area contributed by atoms with Crippen molar-refractivity contribution >= 4 is 0 Å². The van der Waals surface area contributed by atoms with E-state index in [2.05, 4.69) is 27.9 Å². The van der Waals surface area contributed by atoms with Crippen molar-refractivity contribution in [2.24, 2.45) is 0 Å². The fourth-order valence-electron chi connectivity index (χ4n) is 3.34. The minimum absolute atomic E-state index is 0.405. The average Bonchev–Trinajstić information content (AvgIpc) is 2.88. The lowest BCUT2D eigenvalue weighted by Gasteiger charge is -2.15. The molecule has 0 saturated heterocycles. The van der Waals surface area contributed by atoms with Crippen LogP contribution in [0, 0.1) is 6.92 Å². The zero-order chi connectivity index (χ0) is 15.6. The van der Waals surface area contributed by atoms with Crippen molar-refractivity contribution in [2.45, 2.75) is 38.5 Å². The molecule has 1 unspecified atom stereocenters. The first-order valence-electron chi connectivity index (χ1n) is 8.13. The summed E-state index contributed by atoms with van der Waals surface area (Å²) in [5.74, 6) is 2.04. The molecule has 3 heterocycles. The van der Waals surface area contributed by atoms with Gasteiger partial charge in [-0.05, 0) is 49.9 Å². The molecule has 0 aliphatic heterocycles. The van der Waals surface area contributed by atoms with Crippen LogP contribution >= 0.6 is 0 Å². The van der Waals surface area contributed by atoms with Crippen molar-refractivity contribution in [1.82, 2.24) is 15.0 Å². The van der Waals surface area contributed by atoms with Crippen LogP contribution in [0.1, 0.15) is 41.5 Å². The summed E-state index contributed by atoms with van der Waals surface area (Å²) in [6.45, 7) is 2.13. The molecule has 0 bridgehead atoms. The summed E-state index contributed by atoms with van der Waals surface area (Å²) in [6, 6.07) is 9.92. The Balaban J connectivity index is 1.67. The summed E-state index contributed by atoms with van der Waals surface area (Å²) in [4.78, 5) is 13.6. The van der Waals surface area contributed by atoms with Gasteiger partial charge < -0.3 is 4.42 Å². The highest BCUT2D eigenvalue weighted by Crippen LogP contribution is 2.33. The SMILES string of the molecule is Cc1cccnc1C1CCCc2nc(-c3ccccn3)oc2C1. The van der Waals surface area contributed by atoms with Crippen molar-refractivity contribution in [3.05, 3.63) is 65.4 Å². The minimum Gasteiger partial charge on any atom is -0.440 e. The quantitative estimate of drug-likeness (QED) is 0.669. The maximum atomic E-state index is 6.06. The second kappa shape index (κ2) is 5.95. The van der Waals surface area contributed by atoms with Gasteiger partial charge in [-0.1, -0.05) is 12.1 Å². The predicted octanol–water partition coefficient (Wildman–Crippen LogP) is 4.10. The summed E-state index contributed by atoms with van der Waals surface area (Å²) >= 11 is 0. The van der Waals surface area contributed by atoms with E-state index in [9.17, 15) is 0 Å². The van der Waals surface area contributed by atoms with Gasteiger partial charge in [-0.2, -0.15) is 0 Å². The molecule has 116 valence electrons. The van der Waals surface area contributed by atoms with Gasteiger partial charge in [0, 0.05) is 30.4 Å². The number of pyridine rings is 2. The van der Waals surface area contributed by atoms with Gasteiger partial charge in [0.1, 0.15) is 11.5 Å². The monoisotopic (exact) mass is 305 g/mol. The number of rotatable bonds is 2. The molecule has 4 rings (SSSR count). The summed E-state index contributed by atoms with van der Waals surface area (Å²) in [5.41, 5.74) is 4.33. The minimum atomic E-state index is 0.405. The zero-order valence-electron chi connectivity index (χ0n) is 13.2. The molecular formula is C19H19N3O. The van der Waals surface area contributed by atoms with Gasteiger partial charge in [0.2, 0.25) is 5.89 Å². The van der Waals surface area contributed by atoms with E-state index < -0.39 is 0 Å². The van der Waals surface area contributed by atoms with Gasteiger partial charge in [0.25, 0.3) is 0 Å². The smallest absolute Gasteiger partial charge is 0.245 e. The molecule has 1 aliphatic carbocycles. The standard InChI is InChI=1S/C19H19N3O/c1-13-6-5-11-21-18(13)14-7-4-9-15-17(12-14)23-19(22-15)16-8-2-3-10-20-16/h2-3,5-6,8,10-11,14H,4,7,9,12H2,1H3. The number of hydrogen-bond donors (Lipinski definition) is 0. The Labute approximate surface area is 135 Å². The number of nitrogens with zero attached hydrogens (tertiary/aromatic N) is 3. The summed E-state index contributed by atoms with van der Waals surface area (Å²) in [5, 5.41) is 0. The number of aromatic nitrogens is 3. The second-order valence-electron chi connectivity index (χ2n) is 6.10. The van der Waals surface area contributed by atoms with Crippen LogP contribution in [0.2, 0.25) is 0 Å². The highest BCUT2D eigenvalue weighted by Gasteiger charge is 2.25. The zero-order valence-corrected chi connectivity index (χ0v) is 13.2. The molecule has 0 N–H and O–H groups in total. The second-order valence-corrected chi connectivity index (χ2v) is 6.10. The van der Waals surface area contributed by atoms with E-state index in [1.807, 2.05) is 30.5 Å². The third kappa shape index (κ3) is 2.77. The first kappa shape index (κ1) is 14.1. The molecule has 4 nitrogen and oxygen atoms in total. The molecule has 0 fully saturated rings. The van der Waals surface area contributed by atoms with Crippen LogP contribution in [-0.4, -0.2) is 15.0 Å². The Morgan fingerprint density at radius 2 is 2.00 bits per heavy atom. The van der Waals surface area contributed by atoms with E-state index >= 15 is 0 Å². The molecular weight excluding hydrogens is 286 g/mol. The third-order valence-corrected chi connectivity index (χ3v) is 4.50. The average molecular weight is 305 g/mol. The highest BCUT2D eigenvalue weighted by atomic mass is 16.4. The van der Waals surface area contributed by atoms with Crippen LogP contribution in [0.25, 0.3) is 11.6 Å². The molecule has 0 amide bonds. The maximum absolute atomic E-state index is 6.06. The van der Waals surface area contributed by atoms with E-state index in [1.165, 1.54) is 11.3 Å². The molecule has 0 radical (unpaired) electrons. The lowest BCUT2D eigenvalue weighted by molar-refractivity contribution is 0.482. The first-order chi connectivity index (χ1) is 11.3. The Kier molecular flexibility index (Phi) is 3.66. The Morgan fingerprint density at radius 3 is 2.83 bits per heavy atom. The maximum Gasteiger partial charge on any atom is 0.245 e. The number of aryl methyl sites for hydroxylation is 2. The Morgan fingerprint density at radius 1 is 1.09 bits per heavy atom. The Bertz CT molecular complexity index is 810. The first-order valence-corrected chi connectivity index (χ1v) is 8.13. The third-order valence-electron chi connectivity index (χ3n) is 4.50. The van der Waals surface area contributed by atoms with Crippen LogP contribution in [-0.2, 0) is 12.8 Å². The highest BCUT2D eigenvalue weighted by molar-refractivity contribution is 5.47. The van der Waals surface area contributed by atoms with Crippen LogP contribution in [0.5, 0.6) is 0 Å². The number of hydrogen-bond acceptors (Lipinski definition) is 4. The van der Waals surface area contributed by atoms with Gasteiger partial charge in [-0.3, -0.25) is 9.97 Å². The fourth-order valence-corrected chi connectivity index (χ4v) is 3.34. The number of oxazole rings is 1. The van der Waals surface area contributed by atoms with Gasteiger partial charge in [0.15, 0.2) is 0 Å². The van der Waals surface area contributed by atoms with E-state index in [4.69, 9.17) is 4.42 Å². The normalized spacial score (nSPS) is 17.5. The summed E-state index contributed by atoms with van der Waals surface area (Å²) in [7, 11) is 0. The molecule has 0 saturated carbocycles. The lowest BCUT2D eigenvalue weighted by atomic mass is 9.93. The van der Waals surface area contributed by atoms with Crippen molar-refractivity contribution in [3.8, 4) is 11.6 Å². The van der Waals surface area contributed by atoms with E-state index in [1.54, 1.807) is 6.20 Å². The van der Waals surface area contributed by atoms with Crippen molar-refractivity contribution in [2.75, 3.05) is 0 Å². The molecule has 1 atom stereocenters. The summed E-state index contributed by atoms with van der Waals surface area (Å²) < 4.78 is 6.06. The fraction of sp³-hybridized carbons (Fsp3) is 0.316. The largest absolute Gasteiger partial charge is 0.440 e. The van der Waals surface area contributed by atoms with Crippen molar-refractivity contribution < 1.29 is 4.42 Å². The van der Waals surface area contributed by atoms with Crippen LogP contribution in [0.3, 0.4) is 0 Å². The van der Waals surface area contributed by atoms with Crippen LogP contribution < -0.4 is 0 Å². The molecule has 0 spiro atoms. The topological polar surface area (TPSA) is 51.8 Å². The van der Waals surface area contributed by atoms with Crippen molar-refractivity contribution in [1.29, 1.82) is 0 Å².